The van der Waals surface area contributed by atoms with Crippen LogP contribution in [0.25, 0.3) is 0 Å². The number of carbonyl (C=O) groups excluding carboxylic acids is 1. The van der Waals surface area contributed by atoms with Gasteiger partial charge in [-0.2, -0.15) is 0 Å². The van der Waals surface area contributed by atoms with Crippen LogP contribution in [0.2, 0.25) is 0 Å². The average molecular weight is 279 g/mol. The van der Waals surface area contributed by atoms with Crippen LogP contribution in [0.15, 0.2) is 12.4 Å². The van der Waals surface area contributed by atoms with E-state index in [1.165, 1.54) is 0 Å². The van der Waals surface area contributed by atoms with E-state index < -0.39 is 0 Å². The van der Waals surface area contributed by atoms with Gasteiger partial charge in [-0.1, -0.05) is 19.1 Å². The van der Waals surface area contributed by atoms with Crippen molar-refractivity contribution in [3.8, 4) is 0 Å². The summed E-state index contributed by atoms with van der Waals surface area (Å²) in [6.07, 6.45) is 5.01. The summed E-state index contributed by atoms with van der Waals surface area (Å²) >= 11 is 0. The fraction of sp³-hybridized carbons (Fsp3) is 0.786. The van der Waals surface area contributed by atoms with Gasteiger partial charge in [0.25, 0.3) is 0 Å². The molecule has 1 aromatic rings. The van der Waals surface area contributed by atoms with Crippen LogP contribution in [-0.4, -0.2) is 63.4 Å². The van der Waals surface area contributed by atoms with E-state index in [4.69, 9.17) is 0 Å². The second-order valence-corrected chi connectivity index (χ2v) is 6.05. The molecule has 20 heavy (non-hydrogen) atoms. The molecule has 0 aromatic carbocycles. The molecule has 1 amide bonds. The molecular formula is C14H25N5O. The summed E-state index contributed by atoms with van der Waals surface area (Å²) in [5.74, 6) is 0.844. The van der Waals surface area contributed by atoms with Gasteiger partial charge in [-0.25, -0.2) is 0 Å². The van der Waals surface area contributed by atoms with Gasteiger partial charge in [-0.3, -0.25) is 9.48 Å². The van der Waals surface area contributed by atoms with E-state index in [1.807, 2.05) is 0 Å². The third kappa shape index (κ3) is 4.03. The highest BCUT2D eigenvalue weighted by atomic mass is 16.2. The Kier molecular flexibility index (Phi) is 5.11. The van der Waals surface area contributed by atoms with Gasteiger partial charge >= 0.3 is 0 Å². The molecule has 0 saturated carbocycles. The summed E-state index contributed by atoms with van der Waals surface area (Å²) in [7, 11) is 2.13. The Balaban J connectivity index is 1.91. The number of amides is 1. The third-order valence-corrected chi connectivity index (χ3v) is 3.78. The molecule has 1 atom stereocenters. The summed E-state index contributed by atoms with van der Waals surface area (Å²) in [4.78, 5) is 16.8. The molecule has 0 bridgehead atoms. The molecule has 6 nitrogen and oxygen atoms in total. The van der Waals surface area contributed by atoms with Crippen molar-refractivity contribution in [3.05, 3.63) is 12.4 Å². The molecule has 0 spiro atoms. The van der Waals surface area contributed by atoms with Gasteiger partial charge in [0, 0.05) is 38.3 Å². The van der Waals surface area contributed by atoms with Crippen LogP contribution in [0.3, 0.4) is 0 Å². The Morgan fingerprint density at radius 3 is 2.85 bits per heavy atom. The van der Waals surface area contributed by atoms with E-state index in [1.54, 1.807) is 17.1 Å². The normalized spacial score (nSPS) is 20.6. The summed E-state index contributed by atoms with van der Waals surface area (Å²) in [6.45, 7) is 7.82. The minimum Gasteiger partial charge on any atom is -0.337 e. The first kappa shape index (κ1) is 15.0. The Labute approximate surface area is 120 Å². The number of aryl methyl sites for hydroxylation is 1. The van der Waals surface area contributed by atoms with Crippen molar-refractivity contribution in [1.29, 1.82) is 0 Å². The zero-order chi connectivity index (χ0) is 14.5. The first-order chi connectivity index (χ1) is 9.56. The van der Waals surface area contributed by atoms with E-state index in [0.29, 0.717) is 24.9 Å². The van der Waals surface area contributed by atoms with Gasteiger partial charge < -0.3 is 9.80 Å². The van der Waals surface area contributed by atoms with Crippen LogP contribution in [0.4, 0.5) is 0 Å². The minimum absolute atomic E-state index is 0.235. The highest BCUT2D eigenvalue weighted by Crippen LogP contribution is 2.17. The van der Waals surface area contributed by atoms with Gasteiger partial charge in [-0.15, -0.1) is 5.10 Å². The molecule has 2 rings (SSSR count). The van der Waals surface area contributed by atoms with Gasteiger partial charge in [-0.05, 0) is 19.4 Å². The number of aromatic nitrogens is 3. The van der Waals surface area contributed by atoms with Crippen LogP contribution in [0, 0.1) is 5.92 Å². The van der Waals surface area contributed by atoms with Crippen molar-refractivity contribution >= 4 is 5.91 Å². The van der Waals surface area contributed by atoms with Crippen molar-refractivity contribution < 1.29 is 4.79 Å². The van der Waals surface area contributed by atoms with E-state index >= 15 is 0 Å². The number of likely N-dealkylation sites (N-methyl/N-ethyl adjacent to an activating group) is 1. The lowest BCUT2D eigenvalue weighted by Gasteiger charge is -2.41. The maximum absolute atomic E-state index is 12.4. The van der Waals surface area contributed by atoms with Crippen molar-refractivity contribution in [2.45, 2.75) is 39.3 Å². The maximum Gasteiger partial charge on any atom is 0.224 e. The highest BCUT2D eigenvalue weighted by molar-refractivity contribution is 5.76. The number of piperazine rings is 1. The summed E-state index contributed by atoms with van der Waals surface area (Å²) in [5, 5.41) is 7.66. The van der Waals surface area contributed by atoms with Crippen LogP contribution in [-0.2, 0) is 11.3 Å². The molecule has 1 aliphatic heterocycles. The Hall–Kier alpha value is -1.43. The molecule has 0 aliphatic carbocycles. The lowest BCUT2D eigenvalue weighted by atomic mass is 10.00. The second-order valence-electron chi connectivity index (χ2n) is 6.05. The topological polar surface area (TPSA) is 54.3 Å². The standard InChI is InChI=1S/C14H25N5O/c1-12(2)10-13-11-17(3)8-9-19(13)14(20)4-6-18-7-5-15-16-18/h5,7,12-13H,4,6,8-11H2,1-3H3. The Bertz CT molecular complexity index is 415. The molecule has 112 valence electrons. The number of hydrogen-bond donors (Lipinski definition) is 0. The first-order valence-corrected chi connectivity index (χ1v) is 7.38. The third-order valence-electron chi connectivity index (χ3n) is 3.78. The van der Waals surface area contributed by atoms with Gasteiger partial charge in [0.1, 0.15) is 0 Å². The average Bonchev–Trinajstić information content (AvgIpc) is 2.88. The molecule has 0 N–H and O–H groups in total. The smallest absolute Gasteiger partial charge is 0.224 e. The quantitative estimate of drug-likeness (QED) is 0.802. The molecule has 6 heteroatoms. The maximum atomic E-state index is 12.4. The second kappa shape index (κ2) is 6.83. The van der Waals surface area contributed by atoms with E-state index in [2.05, 4.69) is 41.0 Å². The number of rotatable bonds is 5. The molecule has 1 unspecified atom stereocenters. The summed E-state index contributed by atoms with van der Waals surface area (Å²) in [5.41, 5.74) is 0. The number of hydrogen-bond acceptors (Lipinski definition) is 4. The number of nitrogens with zero attached hydrogens (tertiary/aromatic N) is 5. The molecule has 1 saturated heterocycles. The largest absolute Gasteiger partial charge is 0.337 e. The van der Waals surface area contributed by atoms with Crippen molar-refractivity contribution in [2.24, 2.45) is 5.92 Å². The highest BCUT2D eigenvalue weighted by Gasteiger charge is 2.29. The fourth-order valence-electron chi connectivity index (χ4n) is 2.79. The summed E-state index contributed by atoms with van der Waals surface area (Å²) < 4.78 is 1.71. The molecule has 1 aromatic heterocycles. The molecule has 1 aliphatic rings. The molecule has 1 fully saturated rings. The molecule has 0 radical (unpaired) electrons. The lowest BCUT2D eigenvalue weighted by Crippen LogP contribution is -2.54. The zero-order valence-electron chi connectivity index (χ0n) is 12.7. The van der Waals surface area contributed by atoms with Gasteiger partial charge in [0.15, 0.2) is 0 Å². The SMILES string of the molecule is CC(C)CC1CN(C)CCN1C(=O)CCn1ccnn1. The fourth-order valence-corrected chi connectivity index (χ4v) is 2.79. The lowest BCUT2D eigenvalue weighted by molar-refractivity contribution is -0.136. The van der Waals surface area contributed by atoms with Crippen molar-refractivity contribution in [2.75, 3.05) is 26.7 Å². The minimum atomic E-state index is 0.235. The van der Waals surface area contributed by atoms with Gasteiger partial charge in [0.05, 0.1) is 12.7 Å². The van der Waals surface area contributed by atoms with Crippen LogP contribution in [0.5, 0.6) is 0 Å². The molecular weight excluding hydrogens is 254 g/mol. The van der Waals surface area contributed by atoms with E-state index in [0.717, 1.165) is 26.1 Å². The van der Waals surface area contributed by atoms with Crippen molar-refractivity contribution in [3.63, 3.8) is 0 Å². The predicted octanol–water partition coefficient (Wildman–Crippen LogP) is 0.857. The predicted molar refractivity (Wildman–Crippen MR) is 77.1 cm³/mol. The van der Waals surface area contributed by atoms with Crippen molar-refractivity contribution in [1.82, 2.24) is 24.8 Å². The Morgan fingerprint density at radius 1 is 1.40 bits per heavy atom. The number of carbonyl (C=O) groups is 1. The van der Waals surface area contributed by atoms with Crippen LogP contribution < -0.4 is 0 Å². The van der Waals surface area contributed by atoms with Gasteiger partial charge in [0.2, 0.25) is 5.91 Å². The van der Waals surface area contributed by atoms with Crippen LogP contribution >= 0.6 is 0 Å². The van der Waals surface area contributed by atoms with E-state index in [-0.39, 0.29) is 5.91 Å². The van der Waals surface area contributed by atoms with E-state index in [9.17, 15) is 4.79 Å². The Morgan fingerprint density at radius 2 is 2.20 bits per heavy atom. The monoisotopic (exact) mass is 279 g/mol. The van der Waals surface area contributed by atoms with Crippen LogP contribution in [0.1, 0.15) is 26.7 Å². The zero-order valence-corrected chi connectivity index (χ0v) is 12.7. The molecule has 2 heterocycles. The summed E-state index contributed by atoms with van der Waals surface area (Å²) in [6, 6.07) is 0.344. The first-order valence-electron chi connectivity index (χ1n) is 7.38.